The summed E-state index contributed by atoms with van der Waals surface area (Å²) in [7, 11) is 0. The maximum absolute atomic E-state index is 12.2. The first-order valence-electron chi connectivity index (χ1n) is 2.88. The molecule has 1 rings (SSSR count). The van der Waals surface area contributed by atoms with Crippen molar-refractivity contribution in [1.29, 1.82) is 0 Å². The van der Waals surface area contributed by atoms with Gasteiger partial charge in [-0.15, -0.1) is 0 Å². The number of H-pyrrole nitrogens is 1. The van der Waals surface area contributed by atoms with Gasteiger partial charge in [0.1, 0.15) is 0 Å². The molecule has 1 N–H and O–H groups in total. The van der Waals surface area contributed by atoms with Crippen LogP contribution in [0.1, 0.15) is 12.1 Å². The molecule has 0 fully saturated rings. The van der Waals surface area contributed by atoms with Gasteiger partial charge in [-0.1, -0.05) is 0 Å². The van der Waals surface area contributed by atoms with Crippen LogP contribution in [-0.4, -0.2) is 4.98 Å². The van der Waals surface area contributed by atoms with Crippen LogP contribution in [0.25, 0.3) is 0 Å². The molecule has 0 atom stereocenters. The Kier molecular flexibility index (Phi) is 3.22. The molecule has 1 aromatic rings. The zero-order valence-electron chi connectivity index (χ0n) is 5.57. The Bertz CT molecular complexity index is 352. The lowest BCUT2D eigenvalue weighted by molar-refractivity contribution is 0.144. The van der Waals surface area contributed by atoms with Crippen molar-refractivity contribution < 1.29 is 8.78 Å². The molecular weight excluding hydrogens is 347 g/mol. The molecule has 0 amide bonds. The van der Waals surface area contributed by atoms with Crippen LogP contribution < -0.4 is 5.56 Å². The van der Waals surface area contributed by atoms with Crippen LogP contribution in [-0.2, 0) is 0 Å². The minimum atomic E-state index is -2.65. The summed E-state index contributed by atoms with van der Waals surface area (Å²) in [6.45, 7) is 0. The van der Waals surface area contributed by atoms with Gasteiger partial charge in [-0.05, 0) is 38.5 Å². The first kappa shape index (κ1) is 10.1. The van der Waals surface area contributed by atoms with E-state index in [-0.39, 0.29) is 5.69 Å². The molecule has 0 unspecified atom stereocenters. The fraction of sp³-hybridized carbons (Fsp3) is 0.167. The van der Waals surface area contributed by atoms with Crippen LogP contribution in [0.3, 0.4) is 0 Å². The summed E-state index contributed by atoms with van der Waals surface area (Å²) in [6, 6.07) is 1.22. The number of nitrogens with one attached hydrogen (secondary N) is 1. The average molecular weight is 350 g/mol. The zero-order chi connectivity index (χ0) is 9.30. The summed E-state index contributed by atoms with van der Waals surface area (Å²) in [4.78, 5) is 12.8. The highest BCUT2D eigenvalue weighted by Gasteiger charge is 2.14. The normalized spacial score (nSPS) is 10.8. The molecule has 0 aliphatic rings. The lowest BCUT2D eigenvalue weighted by Crippen LogP contribution is -2.10. The number of rotatable bonds is 1. The first-order chi connectivity index (χ1) is 5.52. The molecule has 0 saturated carbocycles. The van der Waals surface area contributed by atoms with Gasteiger partial charge in [-0.2, -0.15) is 0 Å². The maximum atomic E-state index is 12.2. The number of aromatic nitrogens is 1. The molecular formula is C6H3BrF2INO. The summed E-state index contributed by atoms with van der Waals surface area (Å²) < 4.78 is 25.1. The van der Waals surface area contributed by atoms with Crippen LogP contribution in [0, 0.1) is 3.57 Å². The number of aromatic amines is 1. The van der Waals surface area contributed by atoms with Crippen molar-refractivity contribution in [3.8, 4) is 0 Å². The van der Waals surface area contributed by atoms with E-state index in [1.165, 1.54) is 6.07 Å². The Balaban J connectivity index is 3.38. The average Bonchev–Trinajstić information content (AvgIpc) is 1.96. The number of halogens is 4. The van der Waals surface area contributed by atoms with Crippen LogP contribution in [0.2, 0.25) is 0 Å². The van der Waals surface area contributed by atoms with Crippen molar-refractivity contribution in [3.05, 3.63) is 30.2 Å². The highest BCUT2D eigenvalue weighted by Crippen LogP contribution is 2.26. The molecule has 1 heterocycles. The summed E-state index contributed by atoms with van der Waals surface area (Å²) in [6.07, 6.45) is -2.65. The predicted molar refractivity (Wildman–Crippen MR) is 52.4 cm³/mol. The Morgan fingerprint density at radius 2 is 2.17 bits per heavy atom. The number of hydrogen-bond acceptors (Lipinski definition) is 1. The molecule has 12 heavy (non-hydrogen) atoms. The topological polar surface area (TPSA) is 32.9 Å². The maximum Gasteiger partial charge on any atom is 0.279 e. The van der Waals surface area contributed by atoms with Crippen molar-refractivity contribution in [2.24, 2.45) is 0 Å². The molecule has 1 aromatic heterocycles. The lowest BCUT2D eigenvalue weighted by Gasteiger charge is -2.03. The van der Waals surface area contributed by atoms with E-state index < -0.39 is 12.0 Å². The molecule has 0 bridgehead atoms. The number of alkyl halides is 2. The minimum Gasteiger partial charge on any atom is -0.320 e. The van der Waals surface area contributed by atoms with E-state index in [1.807, 2.05) is 0 Å². The van der Waals surface area contributed by atoms with E-state index in [0.29, 0.717) is 8.04 Å². The van der Waals surface area contributed by atoms with Gasteiger partial charge in [0, 0.05) is 10.5 Å². The van der Waals surface area contributed by atoms with E-state index in [0.717, 1.165) is 0 Å². The van der Waals surface area contributed by atoms with Gasteiger partial charge in [0.25, 0.3) is 6.43 Å². The number of hydrogen-bond donors (Lipinski definition) is 1. The minimum absolute atomic E-state index is 0.335. The van der Waals surface area contributed by atoms with E-state index in [9.17, 15) is 13.6 Å². The summed E-state index contributed by atoms with van der Waals surface area (Å²) in [5.74, 6) is 0. The zero-order valence-corrected chi connectivity index (χ0v) is 9.32. The van der Waals surface area contributed by atoms with Gasteiger partial charge in [0.05, 0.1) is 9.26 Å². The Hall–Kier alpha value is 0.0200. The largest absolute Gasteiger partial charge is 0.320 e. The second-order valence-corrected chi connectivity index (χ2v) is 3.94. The van der Waals surface area contributed by atoms with E-state index in [2.05, 4.69) is 20.9 Å². The van der Waals surface area contributed by atoms with Gasteiger partial charge < -0.3 is 4.98 Å². The van der Waals surface area contributed by atoms with E-state index in [4.69, 9.17) is 0 Å². The lowest BCUT2D eigenvalue weighted by atomic mass is 10.4. The number of pyridine rings is 1. The molecule has 0 aromatic carbocycles. The van der Waals surface area contributed by atoms with E-state index in [1.54, 1.807) is 22.6 Å². The monoisotopic (exact) mass is 349 g/mol. The van der Waals surface area contributed by atoms with Crippen molar-refractivity contribution in [2.75, 3.05) is 0 Å². The summed E-state index contributed by atoms with van der Waals surface area (Å²) >= 11 is 4.74. The molecule has 0 radical (unpaired) electrons. The highest BCUT2D eigenvalue weighted by atomic mass is 127. The van der Waals surface area contributed by atoms with Gasteiger partial charge in [-0.25, -0.2) is 8.78 Å². The molecule has 66 valence electrons. The third-order valence-corrected chi connectivity index (χ3v) is 3.71. The van der Waals surface area contributed by atoms with Crippen molar-refractivity contribution >= 4 is 38.5 Å². The van der Waals surface area contributed by atoms with Gasteiger partial charge in [0.15, 0.2) is 0 Å². The molecule has 0 spiro atoms. The van der Waals surface area contributed by atoms with Crippen LogP contribution in [0.15, 0.2) is 15.3 Å². The van der Waals surface area contributed by atoms with Crippen molar-refractivity contribution in [2.45, 2.75) is 6.43 Å². The summed E-state index contributed by atoms with van der Waals surface area (Å²) in [5.41, 5.74) is -0.868. The molecule has 0 saturated heterocycles. The predicted octanol–water partition coefficient (Wildman–Crippen LogP) is 2.68. The smallest absolute Gasteiger partial charge is 0.279 e. The van der Waals surface area contributed by atoms with Gasteiger partial charge in [-0.3, -0.25) is 4.79 Å². The van der Waals surface area contributed by atoms with E-state index >= 15 is 0 Å². The quantitative estimate of drug-likeness (QED) is 0.777. The Labute approximate surface area is 88.6 Å². The highest BCUT2D eigenvalue weighted by molar-refractivity contribution is 14.1. The third kappa shape index (κ3) is 2.03. The van der Waals surface area contributed by atoms with Crippen LogP contribution >= 0.6 is 38.5 Å². The second kappa shape index (κ2) is 3.82. The van der Waals surface area contributed by atoms with Crippen LogP contribution in [0.5, 0.6) is 0 Å². The Morgan fingerprint density at radius 3 is 2.67 bits per heavy atom. The standard InChI is InChI=1S/C6H3BrF2INO/c7-2-1-3(12)11-5(4(2)10)6(8)9/h1,6H,(H,11,12). The molecule has 0 aliphatic carbocycles. The SMILES string of the molecule is O=c1cc(Br)c(I)c(C(F)F)[nH]1. The fourth-order valence-corrected chi connectivity index (χ4v) is 1.63. The Morgan fingerprint density at radius 1 is 1.58 bits per heavy atom. The summed E-state index contributed by atoms with van der Waals surface area (Å²) in [5, 5.41) is 0. The van der Waals surface area contributed by atoms with Gasteiger partial charge in [0.2, 0.25) is 5.56 Å². The molecule has 2 nitrogen and oxygen atoms in total. The van der Waals surface area contributed by atoms with Gasteiger partial charge >= 0.3 is 0 Å². The fourth-order valence-electron chi connectivity index (χ4n) is 0.681. The van der Waals surface area contributed by atoms with Crippen LogP contribution in [0.4, 0.5) is 8.78 Å². The molecule has 0 aliphatic heterocycles. The first-order valence-corrected chi connectivity index (χ1v) is 4.76. The third-order valence-electron chi connectivity index (χ3n) is 1.18. The molecule has 6 heteroatoms. The second-order valence-electron chi connectivity index (χ2n) is 2.01. The van der Waals surface area contributed by atoms with Crippen molar-refractivity contribution in [1.82, 2.24) is 4.98 Å². The van der Waals surface area contributed by atoms with Crippen molar-refractivity contribution in [3.63, 3.8) is 0 Å².